The van der Waals surface area contributed by atoms with Gasteiger partial charge >= 0.3 is 0 Å². The van der Waals surface area contributed by atoms with Crippen LogP contribution in [0.3, 0.4) is 0 Å². The third-order valence-corrected chi connectivity index (χ3v) is 2.18. The third-order valence-electron chi connectivity index (χ3n) is 2.18. The SMILES string of the molecule is N#Cc1cc(F)c(Oc2ccccc2F)c(F)c1. The molecule has 2 aromatic rings. The van der Waals surface area contributed by atoms with Crippen LogP contribution in [0.1, 0.15) is 5.56 Å². The van der Waals surface area contributed by atoms with E-state index in [0.717, 1.165) is 18.2 Å². The first-order valence-corrected chi connectivity index (χ1v) is 4.93. The van der Waals surface area contributed by atoms with Crippen molar-refractivity contribution >= 4 is 0 Å². The molecule has 2 rings (SSSR count). The Balaban J connectivity index is 2.42. The van der Waals surface area contributed by atoms with Gasteiger partial charge in [0.05, 0.1) is 11.6 Å². The van der Waals surface area contributed by atoms with Crippen LogP contribution < -0.4 is 4.74 Å². The van der Waals surface area contributed by atoms with E-state index >= 15 is 0 Å². The van der Waals surface area contributed by atoms with E-state index in [1.54, 1.807) is 6.07 Å². The van der Waals surface area contributed by atoms with Crippen molar-refractivity contribution in [1.29, 1.82) is 5.26 Å². The molecule has 2 nitrogen and oxygen atoms in total. The third kappa shape index (κ3) is 2.28. The van der Waals surface area contributed by atoms with E-state index in [-0.39, 0.29) is 11.3 Å². The lowest BCUT2D eigenvalue weighted by atomic mass is 10.2. The topological polar surface area (TPSA) is 33.0 Å². The van der Waals surface area contributed by atoms with Gasteiger partial charge in [-0.15, -0.1) is 0 Å². The number of nitriles is 1. The van der Waals surface area contributed by atoms with Crippen LogP contribution in [0.2, 0.25) is 0 Å². The van der Waals surface area contributed by atoms with E-state index in [1.807, 2.05) is 0 Å². The van der Waals surface area contributed by atoms with Gasteiger partial charge in [-0.3, -0.25) is 0 Å². The first-order valence-electron chi connectivity index (χ1n) is 4.93. The number of hydrogen-bond donors (Lipinski definition) is 0. The first-order chi connectivity index (χ1) is 8.61. The largest absolute Gasteiger partial charge is 0.448 e. The van der Waals surface area contributed by atoms with Crippen LogP contribution in [0.5, 0.6) is 11.5 Å². The van der Waals surface area contributed by atoms with Gasteiger partial charge in [-0.2, -0.15) is 5.26 Å². The first kappa shape index (κ1) is 12.0. The van der Waals surface area contributed by atoms with E-state index in [9.17, 15) is 13.2 Å². The number of rotatable bonds is 2. The maximum absolute atomic E-state index is 13.5. The lowest BCUT2D eigenvalue weighted by Gasteiger charge is -2.08. The Morgan fingerprint density at radius 2 is 1.56 bits per heavy atom. The van der Waals surface area contributed by atoms with Crippen molar-refractivity contribution in [2.75, 3.05) is 0 Å². The lowest BCUT2D eigenvalue weighted by molar-refractivity contribution is 0.387. The molecule has 0 aliphatic rings. The maximum atomic E-state index is 13.5. The van der Waals surface area contributed by atoms with Gasteiger partial charge in [0.15, 0.2) is 29.0 Å². The Hall–Kier alpha value is -2.48. The van der Waals surface area contributed by atoms with Gasteiger partial charge in [-0.1, -0.05) is 12.1 Å². The normalized spacial score (nSPS) is 9.89. The molecule has 0 fully saturated rings. The molecule has 90 valence electrons. The molecule has 2 aromatic carbocycles. The van der Waals surface area contributed by atoms with Gasteiger partial charge < -0.3 is 4.74 Å². The van der Waals surface area contributed by atoms with Gasteiger partial charge in [0, 0.05) is 0 Å². The van der Waals surface area contributed by atoms with Crippen molar-refractivity contribution < 1.29 is 17.9 Å². The van der Waals surface area contributed by atoms with Crippen molar-refractivity contribution in [2.24, 2.45) is 0 Å². The summed E-state index contributed by atoms with van der Waals surface area (Å²) in [5, 5.41) is 8.53. The fraction of sp³-hybridized carbons (Fsp3) is 0. The zero-order valence-electron chi connectivity index (χ0n) is 8.95. The second-order valence-electron chi connectivity index (χ2n) is 3.41. The fourth-order valence-electron chi connectivity index (χ4n) is 1.36. The van der Waals surface area contributed by atoms with E-state index < -0.39 is 23.2 Å². The van der Waals surface area contributed by atoms with Gasteiger partial charge in [0.2, 0.25) is 0 Å². The number of benzene rings is 2. The van der Waals surface area contributed by atoms with Crippen LogP contribution in [-0.4, -0.2) is 0 Å². The molecule has 0 unspecified atom stereocenters. The highest BCUT2D eigenvalue weighted by Gasteiger charge is 2.15. The van der Waals surface area contributed by atoms with E-state index in [2.05, 4.69) is 0 Å². The molecule has 0 amide bonds. The standard InChI is InChI=1S/C13H6F3NO/c14-9-3-1-2-4-12(9)18-13-10(15)5-8(7-17)6-11(13)16/h1-6H. The second-order valence-corrected chi connectivity index (χ2v) is 3.41. The summed E-state index contributed by atoms with van der Waals surface area (Å²) >= 11 is 0. The molecule has 0 saturated carbocycles. The van der Waals surface area contributed by atoms with Gasteiger partial charge in [0.1, 0.15) is 0 Å². The lowest BCUT2D eigenvalue weighted by Crippen LogP contribution is -1.95. The Morgan fingerprint density at radius 1 is 0.944 bits per heavy atom. The van der Waals surface area contributed by atoms with Gasteiger partial charge in [-0.05, 0) is 24.3 Å². The summed E-state index contributed by atoms with van der Waals surface area (Å²) < 4.78 is 45.1. The Labute approximate surface area is 101 Å². The summed E-state index contributed by atoms with van der Waals surface area (Å²) in [6.07, 6.45) is 0. The molecule has 0 atom stereocenters. The number of ether oxygens (including phenoxy) is 1. The van der Waals surface area contributed by atoms with Crippen molar-refractivity contribution in [1.82, 2.24) is 0 Å². The Kier molecular flexibility index (Phi) is 3.20. The van der Waals surface area contributed by atoms with Crippen molar-refractivity contribution in [2.45, 2.75) is 0 Å². The van der Waals surface area contributed by atoms with E-state index in [0.29, 0.717) is 0 Å². The molecule has 0 aliphatic carbocycles. The smallest absolute Gasteiger partial charge is 0.198 e. The molecule has 0 aromatic heterocycles. The van der Waals surface area contributed by atoms with Gasteiger partial charge in [0.25, 0.3) is 0 Å². The highest BCUT2D eigenvalue weighted by molar-refractivity contribution is 5.40. The van der Waals surface area contributed by atoms with E-state index in [1.165, 1.54) is 18.2 Å². The molecule has 0 heterocycles. The van der Waals surface area contributed by atoms with Crippen LogP contribution in [-0.2, 0) is 0 Å². The van der Waals surface area contributed by atoms with Crippen LogP contribution >= 0.6 is 0 Å². The molecule has 5 heteroatoms. The van der Waals surface area contributed by atoms with E-state index in [4.69, 9.17) is 10.00 Å². The average Bonchev–Trinajstić information content (AvgIpc) is 2.35. The molecular formula is C13H6F3NO. The molecule has 0 radical (unpaired) electrons. The predicted octanol–water partition coefficient (Wildman–Crippen LogP) is 3.77. The molecule has 0 bridgehead atoms. The summed E-state index contributed by atoms with van der Waals surface area (Å²) in [5.74, 6) is -3.88. The minimum Gasteiger partial charge on any atom is -0.448 e. The highest BCUT2D eigenvalue weighted by atomic mass is 19.1. The average molecular weight is 249 g/mol. The maximum Gasteiger partial charge on any atom is 0.198 e. The summed E-state index contributed by atoms with van der Waals surface area (Å²) in [4.78, 5) is 0. The number of nitrogens with zero attached hydrogens (tertiary/aromatic N) is 1. The Bertz CT molecular complexity index is 611. The predicted molar refractivity (Wildman–Crippen MR) is 57.5 cm³/mol. The summed E-state index contributed by atoms with van der Waals surface area (Å²) in [7, 11) is 0. The van der Waals surface area contributed by atoms with Crippen LogP contribution in [0, 0.1) is 28.8 Å². The molecule has 0 saturated heterocycles. The zero-order chi connectivity index (χ0) is 13.1. The minimum atomic E-state index is -1.06. The van der Waals surface area contributed by atoms with Crippen LogP contribution in [0.25, 0.3) is 0 Å². The summed E-state index contributed by atoms with van der Waals surface area (Å²) in [5.41, 5.74) is -0.175. The Morgan fingerprint density at radius 3 is 2.11 bits per heavy atom. The summed E-state index contributed by atoms with van der Waals surface area (Å²) in [6.45, 7) is 0. The quantitative estimate of drug-likeness (QED) is 0.811. The highest BCUT2D eigenvalue weighted by Crippen LogP contribution is 2.29. The fourth-order valence-corrected chi connectivity index (χ4v) is 1.36. The van der Waals surface area contributed by atoms with Crippen LogP contribution in [0.15, 0.2) is 36.4 Å². The minimum absolute atomic E-state index is 0.175. The number of para-hydroxylation sites is 1. The monoisotopic (exact) mass is 249 g/mol. The molecule has 0 spiro atoms. The summed E-state index contributed by atoms with van der Waals surface area (Å²) in [6, 6.07) is 8.48. The number of halogens is 3. The van der Waals surface area contributed by atoms with Gasteiger partial charge in [-0.25, -0.2) is 13.2 Å². The number of hydrogen-bond acceptors (Lipinski definition) is 2. The van der Waals surface area contributed by atoms with Crippen molar-refractivity contribution in [3.63, 3.8) is 0 Å². The zero-order valence-corrected chi connectivity index (χ0v) is 8.95. The van der Waals surface area contributed by atoms with Crippen LogP contribution in [0.4, 0.5) is 13.2 Å². The van der Waals surface area contributed by atoms with Crippen molar-refractivity contribution in [3.05, 3.63) is 59.4 Å². The second kappa shape index (κ2) is 4.80. The van der Waals surface area contributed by atoms with Crippen molar-refractivity contribution in [3.8, 4) is 17.6 Å². The molecule has 18 heavy (non-hydrogen) atoms. The molecule has 0 N–H and O–H groups in total. The molecular weight excluding hydrogens is 243 g/mol. The molecule has 0 aliphatic heterocycles.